The molecule has 7 heteroatoms. The molecule has 2 aliphatic rings. The quantitative estimate of drug-likeness (QED) is 0.499. The second kappa shape index (κ2) is 9.04. The second-order valence-electron chi connectivity index (χ2n) is 7.86. The van der Waals surface area contributed by atoms with Gasteiger partial charge in [0.25, 0.3) is 5.91 Å². The van der Waals surface area contributed by atoms with E-state index in [2.05, 4.69) is 16.9 Å². The molecule has 0 bridgehead atoms. The molecule has 0 fully saturated rings. The van der Waals surface area contributed by atoms with Crippen LogP contribution in [0.15, 0.2) is 66.7 Å². The molecule has 1 unspecified atom stereocenters. The van der Waals surface area contributed by atoms with Gasteiger partial charge in [0.15, 0.2) is 11.0 Å². The largest absolute Gasteiger partial charge is 0.493 e. The van der Waals surface area contributed by atoms with E-state index in [1.165, 1.54) is 11.6 Å². The van der Waals surface area contributed by atoms with Crippen LogP contribution < -0.4 is 14.2 Å². The molecule has 5 rings (SSSR count). The number of hydrogen-bond donors (Lipinski definition) is 1. The van der Waals surface area contributed by atoms with Gasteiger partial charge in [-0.3, -0.25) is 9.52 Å². The lowest BCUT2D eigenvalue weighted by Gasteiger charge is -2.17. The van der Waals surface area contributed by atoms with Crippen LogP contribution in [0, 0.1) is 0 Å². The fourth-order valence-electron chi connectivity index (χ4n) is 4.39. The first-order valence-corrected chi connectivity index (χ1v) is 12.3. The van der Waals surface area contributed by atoms with E-state index in [0.717, 1.165) is 46.6 Å². The van der Waals surface area contributed by atoms with E-state index in [1.54, 1.807) is 0 Å². The molecule has 0 spiro atoms. The summed E-state index contributed by atoms with van der Waals surface area (Å²) >= 11 is 6.30. The zero-order chi connectivity index (χ0) is 22.9. The molecule has 1 amide bonds. The molecule has 1 heterocycles. The third-order valence-corrected chi connectivity index (χ3v) is 7.19. The van der Waals surface area contributed by atoms with E-state index in [0.29, 0.717) is 16.5 Å². The molecule has 1 aliphatic heterocycles. The maximum Gasteiger partial charge on any atom is 0.257 e. The van der Waals surface area contributed by atoms with Gasteiger partial charge in [-0.25, -0.2) is 4.21 Å². The highest BCUT2D eigenvalue weighted by atomic mass is 35.5. The molecule has 168 valence electrons. The number of carbonyl (C=O) groups excluding carboxylic acids is 1. The SMILES string of the molecule is CCOc1ccc(Cl)cc1-c1cccc2c1CC[C@H]2Oc1ccc(C2=CC(=O)NS2=O)cc1. The first-order valence-electron chi connectivity index (χ1n) is 10.8. The number of hydrogen-bond acceptors (Lipinski definition) is 4. The van der Waals surface area contributed by atoms with Gasteiger partial charge in [-0.1, -0.05) is 41.9 Å². The maximum absolute atomic E-state index is 12.0. The highest BCUT2D eigenvalue weighted by Gasteiger charge is 2.28. The van der Waals surface area contributed by atoms with Crippen LogP contribution in [0.3, 0.4) is 0 Å². The number of benzene rings is 3. The monoisotopic (exact) mass is 479 g/mol. The number of fused-ring (bicyclic) bond motifs is 1. The zero-order valence-corrected chi connectivity index (χ0v) is 19.5. The van der Waals surface area contributed by atoms with Crippen LogP contribution in [0.1, 0.15) is 36.1 Å². The van der Waals surface area contributed by atoms with Crippen LogP contribution in [0.4, 0.5) is 0 Å². The summed E-state index contributed by atoms with van der Waals surface area (Å²) in [4.78, 5) is 11.9. The van der Waals surface area contributed by atoms with Crippen molar-refractivity contribution in [1.29, 1.82) is 0 Å². The lowest BCUT2D eigenvalue weighted by atomic mass is 9.96. The molecule has 5 nitrogen and oxygen atoms in total. The van der Waals surface area contributed by atoms with Gasteiger partial charge >= 0.3 is 0 Å². The zero-order valence-electron chi connectivity index (χ0n) is 18.0. The van der Waals surface area contributed by atoms with Gasteiger partial charge in [0.1, 0.15) is 17.6 Å². The Morgan fingerprint density at radius 3 is 2.64 bits per heavy atom. The van der Waals surface area contributed by atoms with E-state index in [9.17, 15) is 9.00 Å². The third-order valence-electron chi connectivity index (χ3n) is 5.82. The summed E-state index contributed by atoms with van der Waals surface area (Å²) in [6.45, 7) is 2.55. The predicted molar refractivity (Wildman–Crippen MR) is 130 cm³/mol. The van der Waals surface area contributed by atoms with Crippen molar-refractivity contribution in [3.8, 4) is 22.6 Å². The molecule has 0 saturated heterocycles. The van der Waals surface area contributed by atoms with Crippen molar-refractivity contribution < 1.29 is 18.5 Å². The lowest BCUT2D eigenvalue weighted by molar-refractivity contribution is -0.114. The summed E-state index contributed by atoms with van der Waals surface area (Å²) in [6.07, 6.45) is 3.06. The molecule has 33 heavy (non-hydrogen) atoms. The molecule has 3 aromatic rings. The number of nitrogens with one attached hydrogen (secondary N) is 1. The van der Waals surface area contributed by atoms with Crippen molar-refractivity contribution in [2.75, 3.05) is 6.61 Å². The number of rotatable bonds is 6. The minimum atomic E-state index is -1.51. The van der Waals surface area contributed by atoms with Crippen molar-refractivity contribution >= 4 is 33.4 Å². The Balaban J connectivity index is 1.41. The number of halogens is 1. The van der Waals surface area contributed by atoms with Crippen molar-refractivity contribution in [1.82, 2.24) is 4.72 Å². The van der Waals surface area contributed by atoms with Crippen LogP contribution >= 0.6 is 11.6 Å². The Kier molecular flexibility index (Phi) is 5.96. The fraction of sp³-hybridized carbons (Fsp3) is 0.192. The van der Waals surface area contributed by atoms with Crippen molar-refractivity contribution in [2.45, 2.75) is 25.9 Å². The molecule has 0 radical (unpaired) electrons. The van der Waals surface area contributed by atoms with Gasteiger partial charge in [0.05, 0.1) is 11.5 Å². The molecule has 1 N–H and O–H groups in total. The fourth-order valence-corrected chi connectivity index (χ4v) is 5.47. The van der Waals surface area contributed by atoms with E-state index in [4.69, 9.17) is 21.1 Å². The van der Waals surface area contributed by atoms with Crippen LogP contribution in [0.2, 0.25) is 5.02 Å². The number of amides is 1. The Hall–Kier alpha value is -3.09. The summed E-state index contributed by atoms with van der Waals surface area (Å²) in [7, 11) is -1.51. The smallest absolute Gasteiger partial charge is 0.257 e. The van der Waals surface area contributed by atoms with E-state index >= 15 is 0 Å². The first kappa shape index (κ1) is 21.7. The molecule has 2 atom stereocenters. The minimum Gasteiger partial charge on any atom is -0.493 e. The molecular weight excluding hydrogens is 458 g/mol. The topological polar surface area (TPSA) is 64.6 Å². The number of ether oxygens (including phenoxy) is 2. The molecule has 1 aliphatic carbocycles. The normalized spacial score (nSPS) is 19.1. The summed E-state index contributed by atoms with van der Waals surface area (Å²) in [6, 6.07) is 19.3. The summed E-state index contributed by atoms with van der Waals surface area (Å²) in [5.41, 5.74) is 5.25. The van der Waals surface area contributed by atoms with Gasteiger partial charge in [-0.2, -0.15) is 0 Å². The van der Waals surface area contributed by atoms with Gasteiger partial charge in [-0.15, -0.1) is 0 Å². The Morgan fingerprint density at radius 2 is 1.91 bits per heavy atom. The van der Waals surface area contributed by atoms with Crippen LogP contribution in [-0.2, 0) is 22.2 Å². The third kappa shape index (κ3) is 4.28. The molecule has 0 saturated carbocycles. The molecular formula is C26H22ClNO4S. The van der Waals surface area contributed by atoms with Crippen LogP contribution in [0.25, 0.3) is 16.0 Å². The summed E-state index contributed by atoms with van der Waals surface area (Å²) < 4.78 is 26.5. The lowest BCUT2D eigenvalue weighted by Crippen LogP contribution is -2.16. The van der Waals surface area contributed by atoms with Gasteiger partial charge in [0.2, 0.25) is 0 Å². The molecule has 0 aromatic heterocycles. The van der Waals surface area contributed by atoms with E-state index in [-0.39, 0.29) is 12.0 Å². The van der Waals surface area contributed by atoms with Crippen molar-refractivity contribution in [2.24, 2.45) is 0 Å². The highest BCUT2D eigenvalue weighted by Crippen LogP contribution is 2.43. The molecule has 3 aromatic carbocycles. The predicted octanol–water partition coefficient (Wildman–Crippen LogP) is 5.61. The van der Waals surface area contributed by atoms with Crippen LogP contribution in [-0.4, -0.2) is 16.7 Å². The van der Waals surface area contributed by atoms with Crippen LogP contribution in [0.5, 0.6) is 11.5 Å². The van der Waals surface area contributed by atoms with Gasteiger partial charge in [0, 0.05) is 16.7 Å². The van der Waals surface area contributed by atoms with E-state index in [1.807, 2.05) is 55.5 Å². The Morgan fingerprint density at radius 1 is 1.09 bits per heavy atom. The number of carbonyl (C=O) groups is 1. The second-order valence-corrected chi connectivity index (χ2v) is 9.48. The van der Waals surface area contributed by atoms with Gasteiger partial charge in [-0.05, 0) is 72.4 Å². The van der Waals surface area contributed by atoms with Crippen molar-refractivity contribution in [3.63, 3.8) is 0 Å². The summed E-state index contributed by atoms with van der Waals surface area (Å²) in [5.74, 6) is 1.21. The summed E-state index contributed by atoms with van der Waals surface area (Å²) in [5, 5.41) is 0.673. The van der Waals surface area contributed by atoms with Gasteiger partial charge < -0.3 is 9.47 Å². The minimum absolute atomic E-state index is 0.0661. The van der Waals surface area contributed by atoms with E-state index < -0.39 is 11.0 Å². The highest BCUT2D eigenvalue weighted by molar-refractivity contribution is 7.93. The average molecular weight is 480 g/mol. The Labute approximate surface area is 200 Å². The average Bonchev–Trinajstić information content (AvgIpc) is 3.38. The first-order chi connectivity index (χ1) is 16.0. The maximum atomic E-state index is 12.0. The Bertz CT molecular complexity index is 1290. The standard InChI is InChI=1S/C26H22ClNO4S/c1-2-31-23-12-8-17(27)14-22(23)19-4-3-5-21-20(19)11-13-24(21)32-18-9-6-16(7-10-18)25-15-26(29)28-33(25)30/h3-10,12,14-15,24H,2,11,13H2,1H3,(H,28,29)/t24-,33?/m1/s1. The van der Waals surface area contributed by atoms with Crippen molar-refractivity contribution in [3.05, 3.63) is 88.5 Å².